The van der Waals surface area contributed by atoms with Crippen molar-refractivity contribution in [1.29, 1.82) is 0 Å². The Labute approximate surface area is 168 Å². The van der Waals surface area contributed by atoms with E-state index in [1.54, 1.807) is 12.1 Å². The highest BCUT2D eigenvalue weighted by molar-refractivity contribution is 6.09. The van der Waals surface area contributed by atoms with Gasteiger partial charge in [0.15, 0.2) is 0 Å². The average molecular weight is 407 g/mol. The van der Waals surface area contributed by atoms with Crippen LogP contribution in [-0.2, 0) is 0 Å². The Balaban J connectivity index is 0.00000280. The third-order valence-electron chi connectivity index (χ3n) is 4.52. The molecule has 1 unspecified atom stereocenters. The normalized spacial score (nSPS) is 13.0. The molecule has 0 saturated carbocycles. The molecule has 0 aliphatic rings. The van der Waals surface area contributed by atoms with E-state index < -0.39 is 12.1 Å². The zero-order valence-electron chi connectivity index (χ0n) is 15.2. The number of para-hydroxylation sites is 1. The molecule has 28 heavy (non-hydrogen) atoms. The molecule has 0 aliphatic heterocycles. The smallest absolute Gasteiger partial charge is 0.268 e. The van der Waals surface area contributed by atoms with Gasteiger partial charge in [-0.1, -0.05) is 30.3 Å². The molecule has 3 aromatic rings. The number of aromatic amines is 1. The number of aliphatic hydroxyl groups excluding tert-OH is 1. The Bertz CT molecular complexity index is 930. The summed E-state index contributed by atoms with van der Waals surface area (Å²) in [4.78, 5) is 15.9. The SMILES string of the molecule is Cl.NCCC(O)[C@@H](N)CNC(=O)c1[nH]c2ccccc2c1-c1ccc(F)cc1. The van der Waals surface area contributed by atoms with Gasteiger partial charge in [0.25, 0.3) is 5.91 Å². The first kappa shape index (κ1) is 21.8. The van der Waals surface area contributed by atoms with Crippen LogP contribution in [0.2, 0.25) is 0 Å². The maximum absolute atomic E-state index is 13.3. The molecule has 6 nitrogen and oxygen atoms in total. The minimum absolute atomic E-state index is 0. The van der Waals surface area contributed by atoms with Crippen LogP contribution < -0.4 is 16.8 Å². The molecule has 2 atom stereocenters. The fraction of sp³-hybridized carbons (Fsp3) is 0.250. The minimum atomic E-state index is -0.783. The molecule has 2 aromatic carbocycles. The summed E-state index contributed by atoms with van der Waals surface area (Å²) in [6.45, 7) is 0.428. The van der Waals surface area contributed by atoms with Crippen molar-refractivity contribution in [2.75, 3.05) is 13.1 Å². The van der Waals surface area contributed by atoms with Crippen LogP contribution in [-0.4, -0.2) is 41.2 Å². The van der Waals surface area contributed by atoms with Crippen LogP contribution in [0.25, 0.3) is 22.0 Å². The molecule has 0 saturated heterocycles. The van der Waals surface area contributed by atoms with Crippen molar-refractivity contribution in [3.8, 4) is 11.1 Å². The monoisotopic (exact) mass is 406 g/mol. The number of rotatable bonds is 7. The van der Waals surface area contributed by atoms with E-state index in [-0.39, 0.29) is 30.7 Å². The Morgan fingerprint density at radius 3 is 2.54 bits per heavy atom. The minimum Gasteiger partial charge on any atom is -0.391 e. The topological polar surface area (TPSA) is 117 Å². The largest absolute Gasteiger partial charge is 0.391 e. The lowest BCUT2D eigenvalue weighted by atomic mass is 10.0. The molecule has 1 heterocycles. The van der Waals surface area contributed by atoms with Crippen LogP contribution in [0.5, 0.6) is 0 Å². The van der Waals surface area contributed by atoms with Crippen molar-refractivity contribution in [2.24, 2.45) is 11.5 Å². The number of aliphatic hydroxyl groups is 1. The van der Waals surface area contributed by atoms with Gasteiger partial charge in [-0.15, -0.1) is 12.4 Å². The number of amides is 1. The molecule has 150 valence electrons. The fourth-order valence-corrected chi connectivity index (χ4v) is 3.05. The first-order chi connectivity index (χ1) is 13.0. The van der Waals surface area contributed by atoms with Crippen LogP contribution in [0.15, 0.2) is 48.5 Å². The number of nitrogens with two attached hydrogens (primary N) is 2. The lowest BCUT2D eigenvalue weighted by Gasteiger charge is -2.18. The molecule has 1 amide bonds. The molecule has 0 radical (unpaired) electrons. The van der Waals surface area contributed by atoms with Gasteiger partial charge in [-0.3, -0.25) is 4.79 Å². The molecule has 0 spiro atoms. The average Bonchev–Trinajstić information content (AvgIpc) is 3.06. The second-order valence-electron chi connectivity index (χ2n) is 6.45. The van der Waals surface area contributed by atoms with Crippen LogP contribution in [0.3, 0.4) is 0 Å². The molecular weight excluding hydrogens is 383 g/mol. The first-order valence-electron chi connectivity index (χ1n) is 8.79. The van der Waals surface area contributed by atoms with Gasteiger partial charge in [-0.05, 0) is 36.7 Å². The number of fused-ring (bicyclic) bond motifs is 1. The fourth-order valence-electron chi connectivity index (χ4n) is 3.05. The maximum Gasteiger partial charge on any atom is 0.268 e. The van der Waals surface area contributed by atoms with Gasteiger partial charge in [0.05, 0.1) is 6.10 Å². The van der Waals surface area contributed by atoms with Crippen molar-refractivity contribution < 1.29 is 14.3 Å². The predicted octanol–water partition coefficient (Wildman–Crippen LogP) is 2.16. The molecule has 0 aliphatic carbocycles. The third kappa shape index (κ3) is 4.69. The quantitative estimate of drug-likeness (QED) is 0.413. The van der Waals surface area contributed by atoms with Crippen molar-refractivity contribution >= 4 is 29.2 Å². The summed E-state index contributed by atoms with van der Waals surface area (Å²) in [6.07, 6.45) is -0.417. The number of H-pyrrole nitrogens is 1. The lowest BCUT2D eigenvalue weighted by Crippen LogP contribution is -2.45. The van der Waals surface area contributed by atoms with E-state index in [1.165, 1.54) is 12.1 Å². The summed E-state index contributed by atoms with van der Waals surface area (Å²) in [5, 5.41) is 13.5. The number of hydrogen-bond donors (Lipinski definition) is 5. The maximum atomic E-state index is 13.3. The highest BCUT2D eigenvalue weighted by atomic mass is 35.5. The number of carbonyl (C=O) groups excluding carboxylic acids is 1. The molecular formula is C20H24ClFN4O2. The zero-order valence-corrected chi connectivity index (χ0v) is 16.0. The number of nitrogens with one attached hydrogen (secondary N) is 2. The molecule has 3 rings (SSSR count). The van der Waals surface area contributed by atoms with E-state index in [2.05, 4.69) is 10.3 Å². The summed E-state index contributed by atoms with van der Waals surface area (Å²) in [5.74, 6) is -0.689. The molecule has 7 N–H and O–H groups in total. The Morgan fingerprint density at radius 1 is 1.18 bits per heavy atom. The zero-order chi connectivity index (χ0) is 19.4. The van der Waals surface area contributed by atoms with Crippen LogP contribution >= 0.6 is 12.4 Å². The number of carbonyl (C=O) groups is 1. The second kappa shape index (κ2) is 9.66. The third-order valence-corrected chi connectivity index (χ3v) is 4.52. The number of benzene rings is 2. The van der Waals surface area contributed by atoms with Crippen LogP contribution in [0.1, 0.15) is 16.9 Å². The number of hydrogen-bond acceptors (Lipinski definition) is 4. The van der Waals surface area contributed by atoms with Crippen LogP contribution in [0.4, 0.5) is 4.39 Å². The van der Waals surface area contributed by atoms with Gasteiger partial charge in [0.2, 0.25) is 0 Å². The molecule has 0 fully saturated rings. The van der Waals surface area contributed by atoms with Gasteiger partial charge >= 0.3 is 0 Å². The van der Waals surface area contributed by atoms with Gasteiger partial charge in [0.1, 0.15) is 11.5 Å². The Kier molecular flexibility index (Phi) is 7.53. The van der Waals surface area contributed by atoms with Crippen LogP contribution in [0, 0.1) is 5.82 Å². The lowest BCUT2D eigenvalue weighted by molar-refractivity contribution is 0.0925. The molecule has 0 bridgehead atoms. The van der Waals surface area contributed by atoms with Gasteiger partial charge in [-0.25, -0.2) is 4.39 Å². The highest BCUT2D eigenvalue weighted by Gasteiger charge is 2.21. The standard InChI is InChI=1S/C20H23FN4O2.ClH/c21-13-7-5-12(6-8-13)18-14-3-1-2-4-16(14)25-19(18)20(27)24-11-15(23)17(26)9-10-22;/h1-8,15,17,25-26H,9-11,22-23H2,(H,24,27);1H/t15-,17?;/m0./s1. The van der Waals surface area contributed by atoms with E-state index in [9.17, 15) is 14.3 Å². The van der Waals surface area contributed by atoms with Gasteiger partial charge < -0.3 is 26.9 Å². The Hall–Kier alpha value is -2.45. The van der Waals surface area contributed by atoms with Gasteiger partial charge in [-0.2, -0.15) is 0 Å². The summed E-state index contributed by atoms with van der Waals surface area (Å²) in [7, 11) is 0. The number of aromatic nitrogens is 1. The molecule has 1 aromatic heterocycles. The van der Waals surface area contributed by atoms with E-state index in [0.29, 0.717) is 24.2 Å². The van der Waals surface area contributed by atoms with E-state index in [0.717, 1.165) is 16.5 Å². The summed E-state index contributed by atoms with van der Waals surface area (Å²) >= 11 is 0. The second-order valence-corrected chi connectivity index (χ2v) is 6.45. The van der Waals surface area contributed by atoms with Crippen molar-refractivity contribution in [2.45, 2.75) is 18.6 Å². The highest BCUT2D eigenvalue weighted by Crippen LogP contribution is 2.32. The van der Waals surface area contributed by atoms with E-state index >= 15 is 0 Å². The summed E-state index contributed by atoms with van der Waals surface area (Å²) in [6, 6.07) is 12.9. The van der Waals surface area contributed by atoms with Crippen molar-refractivity contribution in [3.05, 3.63) is 60.0 Å². The molecule has 8 heteroatoms. The Morgan fingerprint density at radius 2 is 1.86 bits per heavy atom. The predicted molar refractivity (Wildman–Crippen MR) is 111 cm³/mol. The summed E-state index contributed by atoms with van der Waals surface area (Å²) in [5.41, 5.74) is 13.9. The van der Waals surface area contributed by atoms with Crippen molar-refractivity contribution in [3.63, 3.8) is 0 Å². The van der Waals surface area contributed by atoms with Crippen molar-refractivity contribution in [1.82, 2.24) is 10.3 Å². The number of halogens is 2. The summed E-state index contributed by atoms with van der Waals surface area (Å²) < 4.78 is 13.3. The van der Waals surface area contributed by atoms with E-state index in [4.69, 9.17) is 11.5 Å². The first-order valence-corrected chi connectivity index (χ1v) is 8.79. The van der Waals surface area contributed by atoms with Gasteiger partial charge in [0, 0.05) is 29.1 Å². The van der Waals surface area contributed by atoms with E-state index in [1.807, 2.05) is 24.3 Å².